The number of ether oxygens (including phenoxy) is 1. The van der Waals surface area contributed by atoms with Crippen LogP contribution in [0.1, 0.15) is 18.1 Å². The van der Waals surface area contributed by atoms with E-state index in [9.17, 15) is 18.0 Å². The number of anilines is 1. The molecule has 3 rings (SSSR count). The molecule has 0 bridgehead atoms. The molecule has 0 unspecified atom stereocenters. The van der Waals surface area contributed by atoms with E-state index in [2.05, 4.69) is 15.0 Å². The molecule has 8 nitrogen and oxygen atoms in total. The third kappa shape index (κ3) is 4.55. The predicted molar refractivity (Wildman–Crippen MR) is 104 cm³/mol. The van der Waals surface area contributed by atoms with Crippen molar-refractivity contribution in [1.82, 2.24) is 4.72 Å². The second kappa shape index (κ2) is 8.22. The summed E-state index contributed by atoms with van der Waals surface area (Å²) in [6, 6.07) is 13.7. The van der Waals surface area contributed by atoms with E-state index in [-0.39, 0.29) is 10.7 Å². The van der Waals surface area contributed by atoms with Crippen molar-refractivity contribution in [2.45, 2.75) is 18.2 Å². The number of nitrogens with one attached hydrogen (secondary N) is 2. The Morgan fingerprint density at radius 2 is 1.82 bits per heavy atom. The van der Waals surface area contributed by atoms with Gasteiger partial charge in [0.15, 0.2) is 6.61 Å². The van der Waals surface area contributed by atoms with Crippen molar-refractivity contribution in [3.05, 3.63) is 59.7 Å². The number of hydrogen-bond acceptors (Lipinski definition) is 6. The first kappa shape index (κ1) is 19.6. The first-order valence-corrected chi connectivity index (χ1v) is 10.1. The molecule has 0 aromatic heterocycles. The van der Waals surface area contributed by atoms with E-state index in [0.717, 1.165) is 12.0 Å². The maximum Gasteiger partial charge on any atom is 0.328 e. The number of rotatable bonds is 6. The topological polar surface area (TPSA) is 114 Å². The van der Waals surface area contributed by atoms with Gasteiger partial charge in [-0.2, -0.15) is 0 Å². The number of amidine groups is 1. The molecular formula is C19H19N3O5S. The van der Waals surface area contributed by atoms with Gasteiger partial charge in [0, 0.05) is 11.3 Å². The Morgan fingerprint density at radius 3 is 2.54 bits per heavy atom. The molecule has 0 atom stereocenters. The minimum Gasteiger partial charge on any atom is -0.454 e. The summed E-state index contributed by atoms with van der Waals surface area (Å²) in [5.74, 6) is -1.14. The molecule has 1 heterocycles. The summed E-state index contributed by atoms with van der Waals surface area (Å²) < 4.78 is 31.1. The number of nitrogens with zero attached hydrogens (tertiary/aromatic N) is 1. The van der Waals surface area contributed by atoms with Crippen LogP contribution in [0.5, 0.6) is 0 Å². The summed E-state index contributed by atoms with van der Waals surface area (Å²) in [5.41, 5.74) is 2.15. The van der Waals surface area contributed by atoms with Crippen molar-refractivity contribution in [3.63, 3.8) is 0 Å². The molecule has 0 aliphatic carbocycles. The fourth-order valence-corrected chi connectivity index (χ4v) is 3.86. The second-order valence-corrected chi connectivity index (χ2v) is 7.68. The number of benzene rings is 2. The molecule has 1 amide bonds. The Balaban J connectivity index is 1.52. The molecule has 1 aliphatic heterocycles. The van der Waals surface area contributed by atoms with Crippen LogP contribution < -0.4 is 10.0 Å². The standard InChI is InChI=1S/C19H19N3O5S/c1-2-13-7-9-14(10-8-13)21-17(23)12-27-18(24)11-20-19-15-5-3-4-6-16(15)28(25,26)22-19/h3-10H,2,11-12H2,1H3,(H,20,22)(H,21,23). The van der Waals surface area contributed by atoms with Crippen molar-refractivity contribution in [2.75, 3.05) is 18.5 Å². The van der Waals surface area contributed by atoms with Gasteiger partial charge in [-0.25, -0.2) is 8.42 Å². The van der Waals surface area contributed by atoms with Crippen molar-refractivity contribution < 1.29 is 22.7 Å². The van der Waals surface area contributed by atoms with Gasteiger partial charge in [-0.3, -0.25) is 19.3 Å². The van der Waals surface area contributed by atoms with Gasteiger partial charge in [0.2, 0.25) is 0 Å². The highest BCUT2D eigenvalue weighted by molar-refractivity contribution is 7.90. The van der Waals surface area contributed by atoms with E-state index in [4.69, 9.17) is 4.74 Å². The summed E-state index contributed by atoms with van der Waals surface area (Å²) in [4.78, 5) is 27.8. The van der Waals surface area contributed by atoms with E-state index in [1.807, 2.05) is 19.1 Å². The van der Waals surface area contributed by atoms with Gasteiger partial charge in [-0.1, -0.05) is 31.2 Å². The largest absolute Gasteiger partial charge is 0.454 e. The van der Waals surface area contributed by atoms with Crippen molar-refractivity contribution >= 4 is 33.4 Å². The van der Waals surface area contributed by atoms with Crippen LogP contribution in [0.25, 0.3) is 0 Å². The van der Waals surface area contributed by atoms with Crippen molar-refractivity contribution in [2.24, 2.45) is 4.99 Å². The molecule has 2 aromatic carbocycles. The summed E-state index contributed by atoms with van der Waals surface area (Å²) in [6.07, 6.45) is 0.898. The minimum atomic E-state index is -3.67. The maximum atomic E-state index is 12.0. The van der Waals surface area contributed by atoms with Crippen LogP contribution in [0.2, 0.25) is 0 Å². The first-order valence-electron chi connectivity index (χ1n) is 8.60. The highest BCUT2D eigenvalue weighted by Gasteiger charge is 2.30. The highest BCUT2D eigenvalue weighted by atomic mass is 32.2. The van der Waals surface area contributed by atoms with Gasteiger partial charge in [0.05, 0.1) is 4.90 Å². The lowest BCUT2D eigenvalue weighted by Gasteiger charge is -2.07. The molecule has 0 radical (unpaired) electrons. The van der Waals surface area contributed by atoms with Gasteiger partial charge in [-0.15, -0.1) is 0 Å². The van der Waals surface area contributed by atoms with Crippen LogP contribution in [-0.4, -0.2) is 39.3 Å². The lowest BCUT2D eigenvalue weighted by molar-refractivity contribution is -0.145. The number of carbonyl (C=O) groups excluding carboxylic acids is 2. The third-order valence-electron chi connectivity index (χ3n) is 4.04. The Kier molecular flexibility index (Phi) is 5.74. The Labute approximate surface area is 162 Å². The molecule has 1 aliphatic rings. The van der Waals surface area contributed by atoms with Gasteiger partial charge in [0.1, 0.15) is 12.4 Å². The zero-order valence-electron chi connectivity index (χ0n) is 15.1. The molecule has 0 saturated heterocycles. The lowest BCUT2D eigenvalue weighted by Crippen LogP contribution is -2.25. The number of aryl methyl sites for hydroxylation is 1. The molecule has 9 heteroatoms. The zero-order valence-corrected chi connectivity index (χ0v) is 16.0. The second-order valence-electron chi connectivity index (χ2n) is 6.03. The fraction of sp³-hybridized carbons (Fsp3) is 0.211. The molecule has 146 valence electrons. The van der Waals surface area contributed by atoms with E-state index in [1.54, 1.807) is 30.3 Å². The Morgan fingerprint density at radius 1 is 1.11 bits per heavy atom. The molecule has 2 N–H and O–H groups in total. The molecular weight excluding hydrogens is 382 g/mol. The van der Waals surface area contributed by atoms with E-state index in [1.165, 1.54) is 6.07 Å². The van der Waals surface area contributed by atoms with Gasteiger partial charge in [0.25, 0.3) is 15.9 Å². The summed E-state index contributed by atoms with van der Waals surface area (Å²) in [5, 5.41) is 2.63. The minimum absolute atomic E-state index is 0.0769. The summed E-state index contributed by atoms with van der Waals surface area (Å²) >= 11 is 0. The Hall–Kier alpha value is -3.20. The van der Waals surface area contributed by atoms with Crippen LogP contribution in [0.4, 0.5) is 5.69 Å². The first-order chi connectivity index (χ1) is 13.4. The van der Waals surface area contributed by atoms with Crippen molar-refractivity contribution in [3.8, 4) is 0 Å². The summed E-state index contributed by atoms with van der Waals surface area (Å²) in [6.45, 7) is 1.16. The Bertz CT molecular complexity index is 1030. The average Bonchev–Trinajstić information content (AvgIpc) is 2.96. The molecule has 0 spiro atoms. The number of amides is 1. The van der Waals surface area contributed by atoms with Crippen LogP contribution >= 0.6 is 0 Å². The van der Waals surface area contributed by atoms with Crippen molar-refractivity contribution in [1.29, 1.82) is 0 Å². The number of aliphatic imine (C=N–C) groups is 1. The lowest BCUT2D eigenvalue weighted by atomic mass is 10.1. The fourth-order valence-electron chi connectivity index (χ4n) is 2.61. The molecule has 28 heavy (non-hydrogen) atoms. The zero-order chi connectivity index (χ0) is 20.1. The monoisotopic (exact) mass is 401 g/mol. The van der Waals surface area contributed by atoms with Crippen LogP contribution in [0.3, 0.4) is 0 Å². The van der Waals surface area contributed by atoms with Crippen LogP contribution in [0.15, 0.2) is 58.4 Å². The number of hydrogen-bond donors (Lipinski definition) is 2. The quantitative estimate of drug-likeness (QED) is 0.712. The van der Waals surface area contributed by atoms with E-state index in [0.29, 0.717) is 11.3 Å². The van der Waals surface area contributed by atoms with Gasteiger partial charge >= 0.3 is 5.97 Å². The molecule has 0 fully saturated rings. The van der Waals surface area contributed by atoms with Crippen LogP contribution in [0, 0.1) is 0 Å². The van der Waals surface area contributed by atoms with Crippen LogP contribution in [-0.2, 0) is 30.8 Å². The maximum absolute atomic E-state index is 12.0. The molecule has 2 aromatic rings. The van der Waals surface area contributed by atoms with Gasteiger partial charge < -0.3 is 10.1 Å². The van der Waals surface area contributed by atoms with Gasteiger partial charge in [-0.05, 0) is 36.2 Å². The summed E-state index contributed by atoms with van der Waals surface area (Å²) in [7, 11) is -3.67. The highest BCUT2D eigenvalue weighted by Crippen LogP contribution is 2.22. The smallest absolute Gasteiger partial charge is 0.328 e. The number of carbonyl (C=O) groups is 2. The number of sulfonamides is 1. The normalized spacial score (nSPS) is 15.5. The third-order valence-corrected chi connectivity index (χ3v) is 5.44. The molecule has 0 saturated carbocycles. The van der Waals surface area contributed by atoms with E-state index >= 15 is 0 Å². The number of fused-ring (bicyclic) bond motifs is 1. The predicted octanol–water partition coefficient (Wildman–Crippen LogP) is 1.47. The number of esters is 1. The average molecular weight is 401 g/mol. The van der Waals surface area contributed by atoms with E-state index < -0.39 is 35.1 Å². The SMILES string of the molecule is CCc1ccc(NC(=O)COC(=O)CN=C2NS(=O)(=O)c3ccccc32)cc1.